The molecule has 9 rings (SSSR count). The van der Waals surface area contributed by atoms with Gasteiger partial charge in [0.2, 0.25) is 0 Å². The second-order valence-corrected chi connectivity index (χ2v) is 11.0. The summed E-state index contributed by atoms with van der Waals surface area (Å²) in [6.07, 6.45) is 0. The Kier molecular flexibility index (Phi) is 5.20. The Morgan fingerprint density at radius 3 is 2.07 bits per heavy atom. The minimum Gasteiger partial charge on any atom is -0.455 e. The maximum Gasteiger partial charge on any atom is 0.161 e. The molecule has 3 heteroatoms. The van der Waals surface area contributed by atoms with Gasteiger partial charge in [0.15, 0.2) is 5.82 Å². The van der Waals surface area contributed by atoms with Crippen molar-refractivity contribution in [2.45, 2.75) is 0 Å². The van der Waals surface area contributed by atoms with Crippen LogP contribution in [0, 0.1) is 0 Å². The van der Waals surface area contributed by atoms with E-state index in [-0.39, 0.29) is 0 Å². The summed E-state index contributed by atoms with van der Waals surface area (Å²) in [5, 5.41) is 7.78. The maximum atomic E-state index is 6.61. The number of furan rings is 1. The van der Waals surface area contributed by atoms with Crippen molar-refractivity contribution in [3.63, 3.8) is 0 Å². The van der Waals surface area contributed by atoms with E-state index in [0.717, 1.165) is 55.0 Å². The van der Waals surface area contributed by atoms with E-state index in [1.54, 1.807) is 0 Å². The number of benzene rings is 7. The van der Waals surface area contributed by atoms with Gasteiger partial charge < -0.3 is 4.42 Å². The first-order valence-electron chi connectivity index (χ1n) is 14.5. The average Bonchev–Trinajstić information content (AvgIpc) is 3.47. The second-order valence-electron chi connectivity index (χ2n) is 11.0. The van der Waals surface area contributed by atoms with Gasteiger partial charge in [0.05, 0.1) is 11.2 Å². The first-order chi connectivity index (χ1) is 21.3. The van der Waals surface area contributed by atoms with Gasteiger partial charge in [-0.15, -0.1) is 0 Å². The van der Waals surface area contributed by atoms with Gasteiger partial charge in [-0.2, -0.15) is 0 Å². The molecule has 3 nitrogen and oxygen atoms in total. The predicted octanol–water partition coefficient (Wildman–Crippen LogP) is 10.8. The molecule has 7 aromatic carbocycles. The Balaban J connectivity index is 1.35. The molecule has 2 heterocycles. The highest BCUT2D eigenvalue weighted by atomic mass is 16.3. The normalized spacial score (nSPS) is 11.7. The summed E-state index contributed by atoms with van der Waals surface area (Å²) in [6.45, 7) is 0. The molecule has 200 valence electrons. The molecule has 0 unspecified atom stereocenters. The van der Waals surface area contributed by atoms with Crippen molar-refractivity contribution in [1.82, 2.24) is 9.97 Å². The molecule has 0 aliphatic carbocycles. The van der Waals surface area contributed by atoms with Crippen molar-refractivity contribution >= 4 is 54.4 Å². The van der Waals surface area contributed by atoms with Gasteiger partial charge in [0.1, 0.15) is 11.2 Å². The number of hydrogen-bond acceptors (Lipinski definition) is 3. The topological polar surface area (TPSA) is 38.9 Å². The highest BCUT2D eigenvalue weighted by Gasteiger charge is 2.20. The van der Waals surface area contributed by atoms with Gasteiger partial charge in [-0.1, -0.05) is 121 Å². The molecule has 0 spiro atoms. The van der Waals surface area contributed by atoms with E-state index in [0.29, 0.717) is 5.82 Å². The Bertz CT molecular complexity index is 2510. The molecule has 0 saturated carbocycles. The molecule has 43 heavy (non-hydrogen) atoms. The number of fused-ring (bicyclic) bond motifs is 7. The molecule has 0 bridgehead atoms. The number of para-hydroxylation sites is 1. The van der Waals surface area contributed by atoms with E-state index >= 15 is 0 Å². The van der Waals surface area contributed by atoms with Crippen LogP contribution in [0.1, 0.15) is 0 Å². The van der Waals surface area contributed by atoms with Crippen LogP contribution in [0.15, 0.2) is 150 Å². The molecule has 0 amide bonds. The summed E-state index contributed by atoms with van der Waals surface area (Å²) in [5.74, 6) is 0.685. The smallest absolute Gasteiger partial charge is 0.161 e. The summed E-state index contributed by atoms with van der Waals surface area (Å²) in [5.41, 5.74) is 7.92. The summed E-state index contributed by atoms with van der Waals surface area (Å²) in [7, 11) is 0. The largest absolute Gasteiger partial charge is 0.455 e. The van der Waals surface area contributed by atoms with Gasteiger partial charge in [0.25, 0.3) is 0 Å². The monoisotopic (exact) mass is 548 g/mol. The van der Waals surface area contributed by atoms with Crippen molar-refractivity contribution in [2.75, 3.05) is 0 Å². The van der Waals surface area contributed by atoms with Gasteiger partial charge in [-0.3, -0.25) is 0 Å². The Labute approximate surface area is 247 Å². The quantitative estimate of drug-likeness (QED) is 0.220. The molecule has 0 aliphatic rings. The molecular weight excluding hydrogens is 524 g/mol. The zero-order chi connectivity index (χ0) is 28.3. The zero-order valence-electron chi connectivity index (χ0n) is 23.2. The first kappa shape index (κ1) is 23.9. The SMILES string of the molecule is c1ccc(-c2cc3c(oc4cccc(-c5nc(-c6ccc7ccccc7c6)c6ccccc6n5)c43)c3ccccc23)cc1. The standard InChI is InChI=1S/C40H24N2O/c1-2-12-26(13-3-1)33-24-34-37-32(18-10-20-36(37)43-39(34)30-16-7-6-15-29(30)33)40-41-35-19-9-8-17-31(35)38(42-40)28-22-21-25-11-4-5-14-27(25)23-28/h1-24H. The highest BCUT2D eigenvalue weighted by molar-refractivity contribution is 6.22. The predicted molar refractivity (Wildman–Crippen MR) is 178 cm³/mol. The molecule has 2 aromatic heterocycles. The third-order valence-corrected chi connectivity index (χ3v) is 8.45. The lowest BCUT2D eigenvalue weighted by atomic mass is 9.94. The van der Waals surface area contributed by atoms with Crippen LogP contribution in [0.2, 0.25) is 0 Å². The number of hydrogen-bond donors (Lipinski definition) is 0. The third-order valence-electron chi connectivity index (χ3n) is 8.45. The van der Waals surface area contributed by atoms with E-state index in [1.807, 2.05) is 18.2 Å². The van der Waals surface area contributed by atoms with Crippen molar-refractivity contribution in [1.29, 1.82) is 0 Å². The van der Waals surface area contributed by atoms with E-state index in [1.165, 1.54) is 27.3 Å². The number of nitrogens with zero attached hydrogens (tertiary/aromatic N) is 2. The van der Waals surface area contributed by atoms with Crippen LogP contribution in [-0.2, 0) is 0 Å². The fourth-order valence-electron chi connectivity index (χ4n) is 6.44. The van der Waals surface area contributed by atoms with Crippen LogP contribution >= 0.6 is 0 Å². The van der Waals surface area contributed by atoms with E-state index in [9.17, 15) is 0 Å². The first-order valence-corrected chi connectivity index (χ1v) is 14.5. The van der Waals surface area contributed by atoms with Crippen LogP contribution in [0.4, 0.5) is 0 Å². The van der Waals surface area contributed by atoms with Crippen molar-refractivity contribution in [3.8, 4) is 33.8 Å². The molecule has 0 fully saturated rings. The Hall–Kier alpha value is -5.80. The molecule has 9 aromatic rings. The lowest BCUT2D eigenvalue weighted by Crippen LogP contribution is -1.95. The second kappa shape index (κ2) is 9.37. The minimum absolute atomic E-state index is 0.685. The lowest BCUT2D eigenvalue weighted by Gasteiger charge is -2.11. The molecule has 0 N–H and O–H groups in total. The van der Waals surface area contributed by atoms with E-state index in [4.69, 9.17) is 14.4 Å². The zero-order valence-corrected chi connectivity index (χ0v) is 23.2. The maximum absolute atomic E-state index is 6.61. The van der Waals surface area contributed by atoms with Crippen LogP contribution in [0.3, 0.4) is 0 Å². The van der Waals surface area contributed by atoms with Crippen LogP contribution in [0.25, 0.3) is 88.2 Å². The third kappa shape index (κ3) is 3.75. The molecule has 0 atom stereocenters. The van der Waals surface area contributed by atoms with Gasteiger partial charge in [0, 0.05) is 32.7 Å². The minimum atomic E-state index is 0.685. The van der Waals surface area contributed by atoms with E-state index in [2.05, 4.69) is 127 Å². The fraction of sp³-hybridized carbons (Fsp3) is 0. The molecular formula is C40H24N2O. The highest BCUT2D eigenvalue weighted by Crippen LogP contribution is 2.43. The Morgan fingerprint density at radius 1 is 0.442 bits per heavy atom. The Morgan fingerprint density at radius 2 is 1.19 bits per heavy atom. The molecule has 0 aliphatic heterocycles. The summed E-state index contributed by atoms with van der Waals surface area (Å²) < 4.78 is 6.61. The van der Waals surface area contributed by atoms with E-state index < -0.39 is 0 Å². The van der Waals surface area contributed by atoms with Gasteiger partial charge >= 0.3 is 0 Å². The van der Waals surface area contributed by atoms with Gasteiger partial charge in [-0.25, -0.2) is 9.97 Å². The van der Waals surface area contributed by atoms with Crippen LogP contribution in [0.5, 0.6) is 0 Å². The summed E-state index contributed by atoms with van der Waals surface area (Å²) >= 11 is 0. The molecule has 0 saturated heterocycles. The van der Waals surface area contributed by atoms with Crippen LogP contribution in [-0.4, -0.2) is 9.97 Å². The summed E-state index contributed by atoms with van der Waals surface area (Å²) in [6, 6.07) is 50.8. The average molecular weight is 549 g/mol. The van der Waals surface area contributed by atoms with Gasteiger partial charge in [-0.05, 0) is 51.6 Å². The van der Waals surface area contributed by atoms with Crippen molar-refractivity contribution < 1.29 is 4.42 Å². The van der Waals surface area contributed by atoms with Crippen molar-refractivity contribution in [2.24, 2.45) is 0 Å². The number of aromatic nitrogens is 2. The van der Waals surface area contributed by atoms with Crippen molar-refractivity contribution in [3.05, 3.63) is 146 Å². The fourth-order valence-corrected chi connectivity index (χ4v) is 6.44. The summed E-state index contributed by atoms with van der Waals surface area (Å²) in [4.78, 5) is 10.4. The van der Waals surface area contributed by atoms with Crippen LogP contribution < -0.4 is 0 Å². The number of rotatable bonds is 3. The lowest BCUT2D eigenvalue weighted by molar-refractivity contribution is 0.673. The molecule has 0 radical (unpaired) electrons.